The standard InChI is InChI=1S/C11H19N3OS/c1-4-14-6-9(12)5-10(14)11(15)13-8(2)7-16-3/h5-6,8H,4,7,12H2,1-3H3,(H,13,15). The number of hydrogen-bond acceptors (Lipinski definition) is 3. The number of nitrogens with zero attached hydrogens (tertiary/aromatic N) is 1. The molecule has 3 N–H and O–H groups in total. The fourth-order valence-electron chi connectivity index (χ4n) is 1.57. The largest absolute Gasteiger partial charge is 0.397 e. The molecule has 0 fully saturated rings. The molecule has 0 saturated carbocycles. The second-order valence-electron chi connectivity index (χ2n) is 3.77. The monoisotopic (exact) mass is 241 g/mol. The van der Waals surface area contributed by atoms with Crippen LogP contribution in [0.4, 0.5) is 5.69 Å². The highest BCUT2D eigenvalue weighted by Crippen LogP contribution is 2.10. The Bertz CT molecular complexity index is 362. The highest BCUT2D eigenvalue weighted by atomic mass is 32.2. The van der Waals surface area contributed by atoms with E-state index in [1.165, 1.54) is 0 Å². The molecule has 1 aromatic heterocycles. The Morgan fingerprint density at radius 2 is 2.38 bits per heavy atom. The number of carbonyl (C=O) groups excluding carboxylic acids is 1. The molecule has 1 rings (SSSR count). The molecule has 0 aromatic carbocycles. The van der Waals surface area contributed by atoms with Gasteiger partial charge in [-0.25, -0.2) is 0 Å². The van der Waals surface area contributed by atoms with Gasteiger partial charge in [-0.1, -0.05) is 0 Å². The number of nitrogens with two attached hydrogens (primary N) is 1. The van der Waals surface area contributed by atoms with Gasteiger partial charge in [-0.15, -0.1) is 0 Å². The second-order valence-corrected chi connectivity index (χ2v) is 4.69. The van der Waals surface area contributed by atoms with Crippen molar-refractivity contribution in [2.45, 2.75) is 26.4 Å². The third kappa shape index (κ3) is 3.20. The zero-order valence-electron chi connectivity index (χ0n) is 9.99. The van der Waals surface area contributed by atoms with Crippen LogP contribution in [0.3, 0.4) is 0 Å². The fraction of sp³-hybridized carbons (Fsp3) is 0.545. The summed E-state index contributed by atoms with van der Waals surface area (Å²) in [6.07, 6.45) is 3.81. The maximum Gasteiger partial charge on any atom is 0.268 e. The van der Waals surface area contributed by atoms with Crippen molar-refractivity contribution < 1.29 is 4.79 Å². The van der Waals surface area contributed by atoms with Crippen molar-refractivity contribution in [2.24, 2.45) is 0 Å². The Balaban J connectivity index is 2.72. The van der Waals surface area contributed by atoms with E-state index in [2.05, 4.69) is 5.32 Å². The molecule has 1 atom stereocenters. The van der Waals surface area contributed by atoms with Gasteiger partial charge in [-0.3, -0.25) is 4.79 Å². The number of aryl methyl sites for hydroxylation is 1. The number of nitrogens with one attached hydrogen (secondary N) is 1. The van der Waals surface area contributed by atoms with Crippen LogP contribution in [0.2, 0.25) is 0 Å². The highest BCUT2D eigenvalue weighted by Gasteiger charge is 2.13. The topological polar surface area (TPSA) is 60.0 Å². The van der Waals surface area contributed by atoms with E-state index >= 15 is 0 Å². The third-order valence-corrected chi connectivity index (χ3v) is 3.12. The average Bonchev–Trinajstić information content (AvgIpc) is 2.59. The summed E-state index contributed by atoms with van der Waals surface area (Å²) >= 11 is 1.72. The predicted octanol–water partition coefficient (Wildman–Crippen LogP) is 1.57. The summed E-state index contributed by atoms with van der Waals surface area (Å²) in [6, 6.07) is 1.88. The van der Waals surface area contributed by atoms with Crippen LogP contribution in [0.15, 0.2) is 12.3 Å². The van der Waals surface area contributed by atoms with E-state index in [9.17, 15) is 4.79 Å². The van der Waals surface area contributed by atoms with Gasteiger partial charge in [0.25, 0.3) is 5.91 Å². The SMILES string of the molecule is CCn1cc(N)cc1C(=O)NC(C)CSC. The molecule has 4 nitrogen and oxygen atoms in total. The number of hydrogen-bond donors (Lipinski definition) is 2. The van der Waals surface area contributed by atoms with Crippen LogP contribution in [0.1, 0.15) is 24.3 Å². The summed E-state index contributed by atoms with van der Waals surface area (Å²) in [5, 5.41) is 2.95. The number of amides is 1. The van der Waals surface area contributed by atoms with Crippen LogP contribution in [0.5, 0.6) is 0 Å². The molecule has 0 radical (unpaired) electrons. The summed E-state index contributed by atoms with van der Waals surface area (Å²) in [7, 11) is 0. The lowest BCUT2D eigenvalue weighted by Gasteiger charge is -2.13. The molecule has 0 saturated heterocycles. The first-order valence-electron chi connectivity index (χ1n) is 5.34. The number of nitrogen functional groups attached to an aromatic ring is 1. The minimum absolute atomic E-state index is 0.0555. The summed E-state index contributed by atoms with van der Waals surface area (Å²) in [4.78, 5) is 11.9. The number of anilines is 1. The lowest BCUT2D eigenvalue weighted by molar-refractivity contribution is 0.0934. The molecule has 0 aliphatic rings. The minimum Gasteiger partial charge on any atom is -0.397 e. The van der Waals surface area contributed by atoms with Gasteiger partial charge in [-0.2, -0.15) is 11.8 Å². The van der Waals surface area contributed by atoms with E-state index in [4.69, 9.17) is 5.73 Å². The van der Waals surface area contributed by atoms with Crippen molar-refractivity contribution in [2.75, 3.05) is 17.7 Å². The van der Waals surface area contributed by atoms with E-state index in [0.717, 1.165) is 12.3 Å². The lowest BCUT2D eigenvalue weighted by Crippen LogP contribution is -2.35. The van der Waals surface area contributed by atoms with Crippen molar-refractivity contribution in [3.8, 4) is 0 Å². The van der Waals surface area contributed by atoms with Gasteiger partial charge >= 0.3 is 0 Å². The van der Waals surface area contributed by atoms with Crippen molar-refractivity contribution in [3.63, 3.8) is 0 Å². The molecular weight excluding hydrogens is 222 g/mol. The molecular formula is C11H19N3OS. The van der Waals surface area contributed by atoms with Gasteiger partial charge in [0.15, 0.2) is 0 Å². The fourth-order valence-corrected chi connectivity index (χ4v) is 2.16. The van der Waals surface area contributed by atoms with Gasteiger partial charge in [0, 0.05) is 24.5 Å². The van der Waals surface area contributed by atoms with E-state index in [1.807, 2.05) is 24.7 Å². The Hall–Kier alpha value is -1.10. The molecule has 1 unspecified atom stereocenters. The van der Waals surface area contributed by atoms with Crippen LogP contribution < -0.4 is 11.1 Å². The van der Waals surface area contributed by atoms with E-state index < -0.39 is 0 Å². The molecule has 1 amide bonds. The zero-order valence-corrected chi connectivity index (χ0v) is 10.8. The molecule has 1 heterocycles. The molecule has 0 spiro atoms. The smallest absolute Gasteiger partial charge is 0.268 e. The minimum atomic E-state index is -0.0555. The van der Waals surface area contributed by atoms with Crippen LogP contribution in [0, 0.1) is 0 Å². The van der Waals surface area contributed by atoms with E-state index in [-0.39, 0.29) is 11.9 Å². The van der Waals surface area contributed by atoms with E-state index in [0.29, 0.717) is 11.4 Å². The molecule has 1 aromatic rings. The first-order valence-corrected chi connectivity index (χ1v) is 6.73. The zero-order chi connectivity index (χ0) is 12.1. The van der Waals surface area contributed by atoms with Gasteiger partial charge in [-0.05, 0) is 26.2 Å². The molecule has 0 aliphatic carbocycles. The Morgan fingerprint density at radius 1 is 1.69 bits per heavy atom. The number of carbonyl (C=O) groups is 1. The third-order valence-electron chi connectivity index (χ3n) is 2.29. The van der Waals surface area contributed by atoms with Crippen LogP contribution in [-0.4, -0.2) is 28.5 Å². The second kappa shape index (κ2) is 5.84. The van der Waals surface area contributed by atoms with Gasteiger partial charge in [0.1, 0.15) is 5.69 Å². The lowest BCUT2D eigenvalue weighted by atomic mass is 10.3. The predicted molar refractivity (Wildman–Crippen MR) is 69.8 cm³/mol. The molecule has 0 aliphatic heterocycles. The molecule has 5 heteroatoms. The first kappa shape index (κ1) is 13.0. The number of thioether (sulfide) groups is 1. The highest BCUT2D eigenvalue weighted by molar-refractivity contribution is 7.98. The maximum atomic E-state index is 11.9. The summed E-state index contributed by atoms with van der Waals surface area (Å²) < 4.78 is 1.86. The van der Waals surface area contributed by atoms with Crippen molar-refractivity contribution in [1.82, 2.24) is 9.88 Å². The summed E-state index contributed by atoms with van der Waals surface area (Å²) in [5.41, 5.74) is 6.94. The van der Waals surface area contributed by atoms with Gasteiger partial charge in [0.05, 0.1) is 5.69 Å². The first-order chi connectivity index (χ1) is 7.58. The molecule has 0 bridgehead atoms. The van der Waals surface area contributed by atoms with Gasteiger partial charge in [0.2, 0.25) is 0 Å². The van der Waals surface area contributed by atoms with Crippen LogP contribution in [0.25, 0.3) is 0 Å². The average molecular weight is 241 g/mol. The van der Waals surface area contributed by atoms with Crippen LogP contribution >= 0.6 is 11.8 Å². The maximum absolute atomic E-state index is 11.9. The Labute approximate surface area is 101 Å². The van der Waals surface area contributed by atoms with E-state index in [1.54, 1.807) is 24.0 Å². The summed E-state index contributed by atoms with van der Waals surface area (Å²) in [5.74, 6) is 0.855. The summed E-state index contributed by atoms with van der Waals surface area (Å²) in [6.45, 7) is 4.73. The van der Waals surface area contributed by atoms with Crippen LogP contribution in [-0.2, 0) is 6.54 Å². The Kier molecular flexibility index (Phi) is 4.73. The molecule has 16 heavy (non-hydrogen) atoms. The Morgan fingerprint density at radius 3 is 2.94 bits per heavy atom. The van der Waals surface area contributed by atoms with Crippen molar-refractivity contribution in [3.05, 3.63) is 18.0 Å². The number of rotatable bonds is 5. The molecule has 90 valence electrons. The van der Waals surface area contributed by atoms with Crippen molar-refractivity contribution >= 4 is 23.4 Å². The quantitative estimate of drug-likeness (QED) is 0.822. The van der Waals surface area contributed by atoms with Crippen molar-refractivity contribution in [1.29, 1.82) is 0 Å². The number of aromatic nitrogens is 1. The van der Waals surface area contributed by atoms with Gasteiger partial charge < -0.3 is 15.6 Å². The normalized spacial score (nSPS) is 12.4.